The maximum Gasteiger partial charge on any atom is 0.250 e. The predicted molar refractivity (Wildman–Crippen MR) is 128 cm³/mol. The molecule has 1 N–H and O–H groups in total. The lowest BCUT2D eigenvalue weighted by Gasteiger charge is -2.10. The number of benzene rings is 2. The molecule has 3 rings (SSSR count). The first kappa shape index (κ1) is 23.3. The van der Waals surface area contributed by atoms with Gasteiger partial charge in [0.05, 0.1) is 30.7 Å². The summed E-state index contributed by atoms with van der Waals surface area (Å²) in [4.78, 5) is 12.2. The second kappa shape index (κ2) is 10.8. The van der Waals surface area contributed by atoms with E-state index >= 15 is 0 Å². The van der Waals surface area contributed by atoms with Gasteiger partial charge >= 0.3 is 0 Å². The van der Waals surface area contributed by atoms with Crippen molar-refractivity contribution in [2.75, 3.05) is 20.0 Å². The quantitative estimate of drug-likeness (QED) is 0.248. The molecule has 0 aliphatic carbocycles. The zero-order valence-electron chi connectivity index (χ0n) is 16.9. The number of thioether (sulfide) groups is 1. The van der Waals surface area contributed by atoms with Gasteiger partial charge in [-0.05, 0) is 45.8 Å². The molecule has 0 bridgehead atoms. The van der Waals surface area contributed by atoms with Crippen molar-refractivity contribution < 1.29 is 14.3 Å². The fourth-order valence-corrected chi connectivity index (χ4v) is 4.23. The number of hydrogen-bond donors (Lipinski definition) is 1. The van der Waals surface area contributed by atoms with Gasteiger partial charge in [-0.3, -0.25) is 4.79 Å². The molecule has 2 aromatic carbocycles. The van der Waals surface area contributed by atoms with Gasteiger partial charge in [0.25, 0.3) is 5.91 Å². The summed E-state index contributed by atoms with van der Waals surface area (Å²) in [7, 11) is 4.98. The maximum atomic E-state index is 12.2. The van der Waals surface area contributed by atoms with E-state index in [-0.39, 0.29) is 11.7 Å². The van der Waals surface area contributed by atoms with E-state index in [1.165, 1.54) is 18.0 Å². The summed E-state index contributed by atoms with van der Waals surface area (Å²) in [6.45, 7) is 0. The van der Waals surface area contributed by atoms with Crippen LogP contribution in [0.2, 0.25) is 0 Å². The van der Waals surface area contributed by atoms with E-state index in [0.29, 0.717) is 16.7 Å². The van der Waals surface area contributed by atoms with Gasteiger partial charge in [0.2, 0.25) is 0 Å². The molecule has 162 valence electrons. The third-order valence-electron chi connectivity index (χ3n) is 4.13. The van der Waals surface area contributed by atoms with E-state index in [9.17, 15) is 4.79 Å². The molecule has 0 aliphatic heterocycles. The summed E-state index contributed by atoms with van der Waals surface area (Å²) in [5, 5.41) is 13.0. The lowest BCUT2D eigenvalue weighted by Crippen LogP contribution is -2.19. The van der Waals surface area contributed by atoms with Crippen molar-refractivity contribution in [3.8, 4) is 22.9 Å². The van der Waals surface area contributed by atoms with Crippen LogP contribution in [0.15, 0.2) is 55.6 Å². The number of ether oxygens (including phenoxy) is 2. The fraction of sp³-hybridized carbons (Fsp3) is 0.200. The van der Waals surface area contributed by atoms with Crippen LogP contribution in [0.4, 0.5) is 0 Å². The highest BCUT2D eigenvalue weighted by atomic mass is 79.9. The number of carbonyl (C=O) groups excluding carboxylic acids is 1. The lowest BCUT2D eigenvalue weighted by atomic mass is 10.2. The van der Waals surface area contributed by atoms with Crippen molar-refractivity contribution in [1.82, 2.24) is 20.2 Å². The average Bonchev–Trinajstić information content (AvgIpc) is 3.12. The molecule has 1 amide bonds. The maximum absolute atomic E-state index is 12.2. The SMILES string of the molecule is COc1cc(/C=N\NC(=O)CSc2nnc(-c3ccc(Br)cc3)n2C)cc(Br)c1OC. The molecule has 0 fully saturated rings. The van der Waals surface area contributed by atoms with Gasteiger partial charge in [-0.1, -0.05) is 39.8 Å². The Kier molecular flexibility index (Phi) is 8.10. The highest BCUT2D eigenvalue weighted by Gasteiger charge is 2.13. The largest absolute Gasteiger partial charge is 0.493 e. The molecule has 3 aromatic rings. The molecule has 0 saturated carbocycles. The Bertz CT molecular complexity index is 1100. The predicted octanol–water partition coefficient (Wildman–Crippen LogP) is 4.27. The van der Waals surface area contributed by atoms with Crippen molar-refractivity contribution in [2.45, 2.75) is 5.16 Å². The van der Waals surface area contributed by atoms with E-state index in [1.54, 1.807) is 20.3 Å². The van der Waals surface area contributed by atoms with Crippen LogP contribution in [-0.2, 0) is 11.8 Å². The average molecular weight is 569 g/mol. The Labute approximate surface area is 200 Å². The van der Waals surface area contributed by atoms with Crippen molar-refractivity contribution in [3.63, 3.8) is 0 Å². The number of nitrogens with one attached hydrogen (secondary N) is 1. The van der Waals surface area contributed by atoms with E-state index in [4.69, 9.17) is 9.47 Å². The van der Waals surface area contributed by atoms with Gasteiger partial charge in [-0.2, -0.15) is 5.10 Å². The van der Waals surface area contributed by atoms with Crippen molar-refractivity contribution in [1.29, 1.82) is 0 Å². The fourth-order valence-electron chi connectivity index (χ4n) is 2.64. The molecule has 0 saturated heterocycles. The zero-order chi connectivity index (χ0) is 22.4. The summed E-state index contributed by atoms with van der Waals surface area (Å²) in [6.07, 6.45) is 1.53. The number of hydrazone groups is 1. The van der Waals surface area contributed by atoms with Crippen LogP contribution >= 0.6 is 43.6 Å². The highest BCUT2D eigenvalue weighted by molar-refractivity contribution is 9.10. The zero-order valence-corrected chi connectivity index (χ0v) is 20.9. The van der Waals surface area contributed by atoms with Crippen LogP contribution in [0.1, 0.15) is 5.56 Å². The Morgan fingerprint density at radius 2 is 1.94 bits per heavy atom. The Hall–Kier alpha value is -2.37. The second-order valence-corrected chi connectivity index (χ2v) is 8.90. The number of hydrogen-bond acceptors (Lipinski definition) is 7. The van der Waals surface area contributed by atoms with Crippen LogP contribution in [0.25, 0.3) is 11.4 Å². The first-order valence-electron chi connectivity index (χ1n) is 8.94. The highest BCUT2D eigenvalue weighted by Crippen LogP contribution is 2.35. The van der Waals surface area contributed by atoms with Gasteiger partial charge in [0, 0.05) is 17.1 Å². The summed E-state index contributed by atoms with van der Waals surface area (Å²) >= 11 is 8.13. The van der Waals surface area contributed by atoms with Crippen LogP contribution in [0.5, 0.6) is 11.5 Å². The van der Waals surface area contributed by atoms with Gasteiger partial charge in [-0.25, -0.2) is 5.43 Å². The van der Waals surface area contributed by atoms with Crippen LogP contribution in [0, 0.1) is 0 Å². The van der Waals surface area contributed by atoms with Gasteiger partial charge in [0.1, 0.15) is 0 Å². The Morgan fingerprint density at radius 3 is 2.61 bits per heavy atom. The molecular weight excluding hydrogens is 550 g/mol. The summed E-state index contributed by atoms with van der Waals surface area (Å²) < 4.78 is 14.1. The molecule has 1 aromatic heterocycles. The number of methoxy groups -OCH3 is 2. The van der Waals surface area contributed by atoms with Crippen LogP contribution in [0.3, 0.4) is 0 Å². The number of rotatable bonds is 8. The van der Waals surface area contributed by atoms with Gasteiger partial charge in [-0.15, -0.1) is 10.2 Å². The molecule has 0 atom stereocenters. The minimum Gasteiger partial charge on any atom is -0.493 e. The summed E-state index contributed by atoms with van der Waals surface area (Å²) in [5.74, 6) is 1.77. The molecular formula is C20H19Br2N5O3S. The molecule has 31 heavy (non-hydrogen) atoms. The lowest BCUT2D eigenvalue weighted by molar-refractivity contribution is -0.118. The monoisotopic (exact) mass is 567 g/mol. The first-order chi connectivity index (χ1) is 14.9. The Morgan fingerprint density at radius 1 is 1.19 bits per heavy atom. The van der Waals surface area contributed by atoms with E-state index in [2.05, 4.69) is 52.6 Å². The van der Waals surface area contributed by atoms with Crippen molar-refractivity contribution in [3.05, 3.63) is 50.9 Å². The normalized spacial score (nSPS) is 11.0. The molecule has 0 radical (unpaired) electrons. The van der Waals surface area contributed by atoms with E-state index < -0.39 is 0 Å². The van der Waals surface area contributed by atoms with Gasteiger partial charge in [0.15, 0.2) is 22.5 Å². The molecule has 1 heterocycles. The minimum atomic E-state index is -0.256. The number of aromatic nitrogens is 3. The third kappa shape index (κ3) is 5.86. The molecule has 0 spiro atoms. The number of carbonyl (C=O) groups is 1. The van der Waals surface area contributed by atoms with Crippen molar-refractivity contribution in [2.24, 2.45) is 12.1 Å². The van der Waals surface area contributed by atoms with Crippen molar-refractivity contribution >= 4 is 55.7 Å². The number of halogens is 2. The van der Waals surface area contributed by atoms with Gasteiger partial charge < -0.3 is 14.0 Å². The summed E-state index contributed by atoms with van der Waals surface area (Å²) in [6, 6.07) is 11.4. The topological polar surface area (TPSA) is 90.6 Å². The summed E-state index contributed by atoms with van der Waals surface area (Å²) in [5.41, 5.74) is 4.20. The first-order valence-corrected chi connectivity index (χ1v) is 11.5. The van der Waals surface area contributed by atoms with Crippen LogP contribution in [-0.4, -0.2) is 46.9 Å². The number of nitrogens with zero attached hydrogens (tertiary/aromatic N) is 4. The van der Waals surface area contributed by atoms with E-state index in [0.717, 1.165) is 25.9 Å². The Balaban J connectivity index is 1.58. The standard InChI is InChI=1S/C20H19Br2N5O3S/c1-27-19(13-4-6-14(21)7-5-13)25-26-20(27)31-11-17(28)24-23-10-12-8-15(22)18(30-3)16(9-12)29-2/h4-10H,11H2,1-3H3,(H,24,28)/b23-10-. The third-order valence-corrected chi connectivity index (χ3v) is 6.27. The molecule has 0 unspecified atom stereocenters. The van der Waals surface area contributed by atoms with Crippen LogP contribution < -0.4 is 14.9 Å². The molecule has 11 heteroatoms. The second-order valence-electron chi connectivity index (χ2n) is 6.19. The van der Waals surface area contributed by atoms with E-state index in [1.807, 2.05) is 41.9 Å². The minimum absolute atomic E-state index is 0.152. The smallest absolute Gasteiger partial charge is 0.250 e. The number of amides is 1. The molecule has 8 nitrogen and oxygen atoms in total. The molecule has 0 aliphatic rings.